The van der Waals surface area contributed by atoms with Gasteiger partial charge in [-0.15, -0.1) is 24.0 Å². The number of fused-ring (bicyclic) bond motifs is 1. The Kier molecular flexibility index (Phi) is 7.09. The topological polar surface area (TPSA) is 49.6 Å². The smallest absolute Gasteiger partial charge is 0.250 e. The monoisotopic (exact) mass is 500 g/mol. The van der Waals surface area contributed by atoms with Crippen LogP contribution in [-0.2, 0) is 19.5 Å². The second kappa shape index (κ2) is 9.73. The molecule has 2 aromatic carbocycles. The number of rotatable bonds is 4. The molecule has 4 rings (SSSR count). The van der Waals surface area contributed by atoms with Crippen LogP contribution < -0.4 is 15.8 Å². The summed E-state index contributed by atoms with van der Waals surface area (Å²) in [7, 11) is 1.82. The van der Waals surface area contributed by atoms with Crippen molar-refractivity contribution in [1.82, 2.24) is 9.88 Å². The lowest BCUT2D eigenvalue weighted by molar-refractivity contribution is 0.758. The van der Waals surface area contributed by atoms with Crippen LogP contribution in [0.4, 0.5) is 5.69 Å². The summed E-state index contributed by atoms with van der Waals surface area (Å²) in [6.45, 7) is 2.24. The quantitative estimate of drug-likeness (QED) is 0.338. The van der Waals surface area contributed by atoms with E-state index < -0.39 is 0 Å². The SMILES string of the molecule is CN=C(NCc1ccc(Cn2ccccc2=O)cc1)N1CCc2ccccc21.I. The van der Waals surface area contributed by atoms with Gasteiger partial charge in [-0.05, 0) is 35.2 Å². The standard InChI is InChI=1S/C23H24N4O.HI/c1-24-23(27-15-13-20-6-2-3-7-21(20)27)25-16-18-9-11-19(12-10-18)17-26-14-5-4-8-22(26)28;/h2-12,14H,13,15-17H2,1H3,(H,24,25);1H. The van der Waals surface area contributed by atoms with E-state index in [1.54, 1.807) is 16.7 Å². The molecule has 0 atom stereocenters. The van der Waals surface area contributed by atoms with Crippen molar-refractivity contribution in [3.05, 3.63) is 100.0 Å². The van der Waals surface area contributed by atoms with E-state index in [4.69, 9.17) is 0 Å². The molecule has 1 aromatic heterocycles. The molecule has 150 valence electrons. The number of nitrogens with zero attached hydrogens (tertiary/aromatic N) is 3. The molecular formula is C23H25IN4O. The van der Waals surface area contributed by atoms with Gasteiger partial charge in [0.2, 0.25) is 0 Å². The van der Waals surface area contributed by atoms with E-state index in [9.17, 15) is 4.79 Å². The van der Waals surface area contributed by atoms with Crippen LogP contribution in [0.1, 0.15) is 16.7 Å². The fraction of sp³-hybridized carbons (Fsp3) is 0.217. The Balaban J connectivity index is 0.00000240. The van der Waals surface area contributed by atoms with Crippen LogP contribution in [0.25, 0.3) is 0 Å². The van der Waals surface area contributed by atoms with Crippen LogP contribution in [0.15, 0.2) is 82.7 Å². The van der Waals surface area contributed by atoms with E-state index in [1.165, 1.54) is 16.8 Å². The zero-order chi connectivity index (χ0) is 19.3. The molecule has 29 heavy (non-hydrogen) atoms. The van der Waals surface area contributed by atoms with Crippen LogP contribution in [0, 0.1) is 0 Å². The maximum atomic E-state index is 11.8. The highest BCUT2D eigenvalue weighted by Crippen LogP contribution is 2.27. The van der Waals surface area contributed by atoms with Gasteiger partial charge in [-0.2, -0.15) is 0 Å². The third kappa shape index (κ3) is 4.87. The molecule has 1 aliphatic rings. The largest absolute Gasteiger partial charge is 0.352 e. The Labute approximate surface area is 188 Å². The van der Waals surface area contributed by atoms with E-state index in [1.807, 2.05) is 19.3 Å². The number of hydrogen-bond acceptors (Lipinski definition) is 2. The average Bonchev–Trinajstić information content (AvgIpc) is 3.16. The van der Waals surface area contributed by atoms with Crippen molar-refractivity contribution in [2.45, 2.75) is 19.5 Å². The van der Waals surface area contributed by atoms with E-state index in [-0.39, 0.29) is 29.5 Å². The van der Waals surface area contributed by atoms with Gasteiger partial charge in [0.25, 0.3) is 5.56 Å². The van der Waals surface area contributed by atoms with Crippen molar-refractivity contribution < 1.29 is 0 Å². The number of aliphatic imine (C=N–C) groups is 1. The molecule has 0 aliphatic carbocycles. The number of benzene rings is 2. The Morgan fingerprint density at radius 3 is 2.48 bits per heavy atom. The predicted molar refractivity (Wildman–Crippen MR) is 129 cm³/mol. The van der Waals surface area contributed by atoms with Crippen molar-refractivity contribution in [3.8, 4) is 0 Å². The first-order valence-electron chi connectivity index (χ1n) is 9.54. The number of para-hydroxylation sites is 1. The number of hydrogen-bond donors (Lipinski definition) is 1. The Bertz CT molecular complexity index is 1040. The van der Waals surface area contributed by atoms with Gasteiger partial charge >= 0.3 is 0 Å². The van der Waals surface area contributed by atoms with Crippen LogP contribution in [0.2, 0.25) is 0 Å². The molecule has 1 aliphatic heterocycles. The van der Waals surface area contributed by atoms with Crippen LogP contribution in [-0.4, -0.2) is 24.1 Å². The summed E-state index contributed by atoms with van der Waals surface area (Å²) >= 11 is 0. The van der Waals surface area contributed by atoms with Crippen LogP contribution >= 0.6 is 24.0 Å². The van der Waals surface area contributed by atoms with Gasteiger partial charge in [0.15, 0.2) is 5.96 Å². The number of nitrogens with one attached hydrogen (secondary N) is 1. The molecule has 0 spiro atoms. The predicted octanol–water partition coefficient (Wildman–Crippen LogP) is 3.65. The lowest BCUT2D eigenvalue weighted by Crippen LogP contribution is -2.40. The van der Waals surface area contributed by atoms with Gasteiger partial charge in [0.1, 0.15) is 0 Å². The third-order valence-corrected chi connectivity index (χ3v) is 5.08. The minimum absolute atomic E-state index is 0. The Morgan fingerprint density at radius 1 is 1.00 bits per heavy atom. The maximum Gasteiger partial charge on any atom is 0.250 e. The molecule has 0 bridgehead atoms. The van der Waals surface area contributed by atoms with E-state index in [2.05, 4.69) is 63.7 Å². The van der Waals surface area contributed by atoms with Gasteiger partial charge < -0.3 is 14.8 Å². The Morgan fingerprint density at radius 2 is 1.72 bits per heavy atom. The minimum Gasteiger partial charge on any atom is -0.352 e. The highest BCUT2D eigenvalue weighted by molar-refractivity contribution is 14.0. The first-order chi connectivity index (χ1) is 13.7. The first-order valence-corrected chi connectivity index (χ1v) is 9.54. The lowest BCUT2D eigenvalue weighted by atomic mass is 10.1. The number of guanidine groups is 1. The summed E-state index contributed by atoms with van der Waals surface area (Å²) in [6, 6.07) is 22.1. The number of anilines is 1. The van der Waals surface area contributed by atoms with E-state index in [0.717, 1.165) is 24.5 Å². The van der Waals surface area contributed by atoms with E-state index >= 15 is 0 Å². The molecule has 0 amide bonds. The molecule has 3 aromatic rings. The van der Waals surface area contributed by atoms with Crippen molar-refractivity contribution in [1.29, 1.82) is 0 Å². The zero-order valence-electron chi connectivity index (χ0n) is 16.4. The van der Waals surface area contributed by atoms with Gasteiger partial charge in [0.05, 0.1) is 6.54 Å². The molecule has 0 fully saturated rings. The van der Waals surface area contributed by atoms with Gasteiger partial charge in [-0.25, -0.2) is 0 Å². The fourth-order valence-corrected chi connectivity index (χ4v) is 3.59. The fourth-order valence-electron chi connectivity index (χ4n) is 3.59. The molecule has 6 heteroatoms. The first kappa shape index (κ1) is 21.1. The Hall–Kier alpha value is -2.61. The van der Waals surface area contributed by atoms with Crippen molar-refractivity contribution in [2.75, 3.05) is 18.5 Å². The van der Waals surface area contributed by atoms with Crippen molar-refractivity contribution >= 4 is 35.6 Å². The van der Waals surface area contributed by atoms with Gasteiger partial charge in [0, 0.05) is 38.1 Å². The molecule has 0 radical (unpaired) electrons. The van der Waals surface area contributed by atoms with Crippen LogP contribution in [0.3, 0.4) is 0 Å². The van der Waals surface area contributed by atoms with Gasteiger partial charge in [-0.3, -0.25) is 9.79 Å². The second-order valence-corrected chi connectivity index (χ2v) is 6.91. The number of halogens is 1. The molecule has 0 unspecified atom stereocenters. The summed E-state index contributed by atoms with van der Waals surface area (Å²) in [5, 5.41) is 3.47. The highest BCUT2D eigenvalue weighted by Gasteiger charge is 2.22. The minimum atomic E-state index is 0. The van der Waals surface area contributed by atoms with Gasteiger partial charge in [-0.1, -0.05) is 48.5 Å². The van der Waals surface area contributed by atoms with Crippen LogP contribution in [0.5, 0.6) is 0 Å². The van der Waals surface area contributed by atoms with E-state index in [0.29, 0.717) is 13.1 Å². The molecule has 0 saturated carbocycles. The average molecular weight is 500 g/mol. The molecule has 0 saturated heterocycles. The highest BCUT2D eigenvalue weighted by atomic mass is 127. The summed E-state index contributed by atoms with van der Waals surface area (Å²) in [4.78, 5) is 18.6. The summed E-state index contributed by atoms with van der Waals surface area (Å²) in [5.74, 6) is 0.893. The summed E-state index contributed by atoms with van der Waals surface area (Å²) in [5.41, 5.74) is 4.90. The molecule has 5 nitrogen and oxygen atoms in total. The number of aromatic nitrogens is 1. The molecule has 1 N–H and O–H groups in total. The zero-order valence-corrected chi connectivity index (χ0v) is 18.7. The third-order valence-electron chi connectivity index (χ3n) is 5.08. The summed E-state index contributed by atoms with van der Waals surface area (Å²) in [6.07, 6.45) is 2.86. The van der Waals surface area contributed by atoms with Crippen molar-refractivity contribution in [2.24, 2.45) is 4.99 Å². The maximum absolute atomic E-state index is 11.8. The second-order valence-electron chi connectivity index (χ2n) is 6.91. The summed E-state index contributed by atoms with van der Waals surface area (Å²) < 4.78 is 1.71. The normalized spacial score (nSPS) is 13.0. The lowest BCUT2D eigenvalue weighted by Gasteiger charge is -2.22. The molecular weight excluding hydrogens is 475 g/mol. The number of pyridine rings is 1. The van der Waals surface area contributed by atoms with Crippen molar-refractivity contribution in [3.63, 3.8) is 0 Å². The molecule has 2 heterocycles.